The van der Waals surface area contributed by atoms with Gasteiger partial charge < -0.3 is 9.32 Å². The average Bonchev–Trinajstić information content (AvgIpc) is 3.31. The highest BCUT2D eigenvalue weighted by atomic mass is 16.4. The van der Waals surface area contributed by atoms with E-state index in [1.54, 1.807) is 6.20 Å². The average molecular weight is 370 g/mol. The maximum Gasteiger partial charge on any atom is 0.266 e. The van der Waals surface area contributed by atoms with Gasteiger partial charge in [-0.15, -0.1) is 10.2 Å². The highest BCUT2D eigenvalue weighted by Gasteiger charge is 2.34. The molecule has 8 nitrogen and oxygen atoms in total. The number of nitrogens with zero attached hydrogens (tertiary/aromatic N) is 4. The zero-order valence-electron chi connectivity index (χ0n) is 15.8. The second kappa shape index (κ2) is 7.74. The van der Waals surface area contributed by atoms with Gasteiger partial charge in [-0.1, -0.05) is 6.07 Å². The van der Waals surface area contributed by atoms with Crippen LogP contribution in [-0.4, -0.2) is 51.2 Å². The first-order valence-electron chi connectivity index (χ1n) is 9.65. The third kappa shape index (κ3) is 3.86. The zero-order chi connectivity index (χ0) is 18.8. The van der Waals surface area contributed by atoms with Gasteiger partial charge >= 0.3 is 0 Å². The largest absolute Gasteiger partial charge is 0.419 e. The van der Waals surface area contributed by atoms with Gasteiger partial charge in [0.15, 0.2) is 0 Å². The normalized spacial score (nSPS) is 26.4. The topological polar surface area (TPSA) is 96.2 Å². The van der Waals surface area contributed by atoms with Gasteiger partial charge in [0.2, 0.25) is 11.8 Å². The number of carbonyl (C=O) groups excluding carboxylic acids is 1. The van der Waals surface area contributed by atoms with Crippen LogP contribution in [0.1, 0.15) is 44.9 Å². The first-order valence-corrected chi connectivity index (χ1v) is 9.65. The molecule has 0 bridgehead atoms. The summed E-state index contributed by atoms with van der Waals surface area (Å²) in [6.07, 6.45) is 3.99. The molecule has 27 heavy (non-hydrogen) atoms. The minimum Gasteiger partial charge on any atom is -0.419 e. The van der Waals surface area contributed by atoms with Gasteiger partial charge in [-0.2, -0.15) is 0 Å². The fraction of sp³-hybridized carbons (Fsp3) is 0.579. The van der Waals surface area contributed by atoms with E-state index in [0.717, 1.165) is 25.9 Å². The Balaban J connectivity index is 1.33. The van der Waals surface area contributed by atoms with E-state index >= 15 is 0 Å². The summed E-state index contributed by atoms with van der Waals surface area (Å²) in [4.78, 5) is 18.9. The summed E-state index contributed by atoms with van der Waals surface area (Å²) >= 11 is 0. The van der Waals surface area contributed by atoms with Crippen molar-refractivity contribution in [1.29, 1.82) is 0 Å². The van der Waals surface area contributed by atoms with Crippen LogP contribution >= 0.6 is 0 Å². The van der Waals surface area contributed by atoms with Crippen molar-refractivity contribution in [2.45, 2.75) is 51.1 Å². The molecule has 2 atom stereocenters. The Morgan fingerprint density at radius 3 is 2.59 bits per heavy atom. The molecule has 2 N–H and O–H groups in total. The number of piperidine rings is 1. The van der Waals surface area contributed by atoms with Crippen molar-refractivity contribution in [2.75, 3.05) is 13.1 Å². The number of rotatable bonds is 4. The van der Waals surface area contributed by atoms with Crippen LogP contribution in [-0.2, 0) is 4.79 Å². The molecule has 2 aliphatic rings. The molecule has 0 radical (unpaired) electrons. The summed E-state index contributed by atoms with van der Waals surface area (Å²) < 4.78 is 5.84. The Hall–Kier alpha value is -2.32. The number of hydrazine groups is 1. The van der Waals surface area contributed by atoms with Gasteiger partial charge in [-0.3, -0.25) is 20.6 Å². The first kappa shape index (κ1) is 18.1. The van der Waals surface area contributed by atoms with Gasteiger partial charge in [0.1, 0.15) is 5.69 Å². The fourth-order valence-corrected chi connectivity index (χ4v) is 3.96. The van der Waals surface area contributed by atoms with Crippen molar-refractivity contribution in [3.05, 3.63) is 30.3 Å². The summed E-state index contributed by atoms with van der Waals surface area (Å²) in [5.74, 6) is 1.86. The Morgan fingerprint density at radius 2 is 1.93 bits per heavy atom. The van der Waals surface area contributed by atoms with Crippen LogP contribution in [0, 0.1) is 5.92 Å². The lowest BCUT2D eigenvalue weighted by molar-refractivity contribution is -0.133. The van der Waals surface area contributed by atoms with Crippen molar-refractivity contribution in [1.82, 2.24) is 30.9 Å². The number of nitrogens with one attached hydrogen (secondary N) is 2. The molecule has 2 unspecified atom stereocenters. The standard InChI is InChI=1S/C19H26N6O2/c1-12-15(13(2)22-21-12)11-17(26)25-9-6-14(7-10-25)18-23-24-19(27-18)16-5-3-4-8-20-16/h3-5,8,12-15,21-22H,6-7,9-11H2,1-2H3. The smallest absolute Gasteiger partial charge is 0.266 e. The molecule has 144 valence electrons. The molecule has 2 saturated heterocycles. The quantitative estimate of drug-likeness (QED) is 0.846. The van der Waals surface area contributed by atoms with Crippen LogP contribution in [0.25, 0.3) is 11.6 Å². The number of carbonyl (C=O) groups is 1. The van der Waals surface area contributed by atoms with Crippen LogP contribution < -0.4 is 10.9 Å². The van der Waals surface area contributed by atoms with Crippen LogP contribution in [0.15, 0.2) is 28.8 Å². The van der Waals surface area contributed by atoms with Crippen LogP contribution in [0.3, 0.4) is 0 Å². The van der Waals surface area contributed by atoms with E-state index in [1.807, 2.05) is 23.1 Å². The van der Waals surface area contributed by atoms with E-state index in [4.69, 9.17) is 4.42 Å². The predicted octanol–water partition coefficient (Wildman–Crippen LogP) is 1.73. The van der Waals surface area contributed by atoms with Crippen molar-refractivity contribution >= 4 is 5.91 Å². The monoisotopic (exact) mass is 370 g/mol. The third-order valence-corrected chi connectivity index (χ3v) is 5.75. The van der Waals surface area contributed by atoms with Crippen molar-refractivity contribution in [3.63, 3.8) is 0 Å². The molecule has 4 rings (SSSR count). The van der Waals surface area contributed by atoms with Crippen LogP contribution in [0.2, 0.25) is 0 Å². The highest BCUT2D eigenvalue weighted by Crippen LogP contribution is 2.30. The Kier molecular flexibility index (Phi) is 5.18. The predicted molar refractivity (Wildman–Crippen MR) is 99.4 cm³/mol. The van der Waals surface area contributed by atoms with Crippen molar-refractivity contribution in [2.24, 2.45) is 5.92 Å². The number of hydrogen-bond acceptors (Lipinski definition) is 7. The first-order chi connectivity index (χ1) is 13.1. The lowest BCUT2D eigenvalue weighted by Gasteiger charge is -2.32. The molecule has 2 aliphatic heterocycles. The van der Waals surface area contributed by atoms with Gasteiger partial charge in [-0.25, -0.2) is 0 Å². The number of pyridine rings is 1. The molecule has 1 amide bonds. The maximum absolute atomic E-state index is 12.7. The Morgan fingerprint density at radius 1 is 1.19 bits per heavy atom. The molecule has 2 aromatic heterocycles. The summed E-state index contributed by atoms with van der Waals surface area (Å²) in [5.41, 5.74) is 7.12. The van der Waals surface area contributed by atoms with Crippen molar-refractivity contribution in [3.8, 4) is 11.6 Å². The van der Waals surface area contributed by atoms with E-state index in [0.29, 0.717) is 41.9 Å². The number of hydrogen-bond donors (Lipinski definition) is 2. The molecule has 2 fully saturated rings. The Bertz CT molecular complexity index is 762. The minimum absolute atomic E-state index is 0.201. The SMILES string of the molecule is CC1NNC(C)C1CC(=O)N1CCC(c2nnc(-c3ccccn3)o2)CC1. The summed E-state index contributed by atoms with van der Waals surface area (Å²) in [6.45, 7) is 5.72. The van der Waals surface area contributed by atoms with Crippen LogP contribution in [0.5, 0.6) is 0 Å². The van der Waals surface area contributed by atoms with E-state index in [2.05, 4.69) is 39.9 Å². The maximum atomic E-state index is 12.7. The molecule has 0 spiro atoms. The molecular weight excluding hydrogens is 344 g/mol. The molecule has 0 saturated carbocycles. The van der Waals surface area contributed by atoms with Gasteiger partial charge in [-0.05, 0) is 38.8 Å². The lowest BCUT2D eigenvalue weighted by Crippen LogP contribution is -2.40. The molecule has 0 aliphatic carbocycles. The fourth-order valence-electron chi connectivity index (χ4n) is 3.96. The van der Waals surface area contributed by atoms with Gasteiger partial charge in [0.25, 0.3) is 5.89 Å². The summed E-state index contributed by atoms with van der Waals surface area (Å²) in [6, 6.07) is 6.22. The number of amides is 1. The van der Waals surface area contributed by atoms with E-state index in [9.17, 15) is 4.79 Å². The second-order valence-electron chi connectivity index (χ2n) is 7.55. The third-order valence-electron chi connectivity index (χ3n) is 5.75. The molecule has 2 aromatic rings. The van der Waals surface area contributed by atoms with Crippen molar-refractivity contribution < 1.29 is 9.21 Å². The molecular formula is C19H26N6O2. The molecule has 4 heterocycles. The molecule has 8 heteroatoms. The zero-order valence-corrected chi connectivity index (χ0v) is 15.8. The summed E-state index contributed by atoms with van der Waals surface area (Å²) in [7, 11) is 0. The molecule has 0 aromatic carbocycles. The second-order valence-corrected chi connectivity index (χ2v) is 7.55. The summed E-state index contributed by atoms with van der Waals surface area (Å²) in [5, 5.41) is 8.34. The van der Waals surface area contributed by atoms with Gasteiger partial charge in [0.05, 0.1) is 0 Å². The van der Waals surface area contributed by atoms with Gasteiger partial charge in [0, 0.05) is 49.6 Å². The number of aromatic nitrogens is 3. The van der Waals surface area contributed by atoms with E-state index in [-0.39, 0.29) is 11.8 Å². The van der Waals surface area contributed by atoms with Crippen LogP contribution in [0.4, 0.5) is 0 Å². The van der Waals surface area contributed by atoms with E-state index in [1.165, 1.54) is 0 Å². The number of likely N-dealkylation sites (tertiary alicyclic amines) is 1. The van der Waals surface area contributed by atoms with E-state index < -0.39 is 0 Å². The Labute approximate surface area is 158 Å². The lowest BCUT2D eigenvalue weighted by atomic mass is 9.91. The minimum atomic E-state index is 0.201. The highest BCUT2D eigenvalue weighted by molar-refractivity contribution is 5.76.